The number of carboxylic acid groups (broad SMARTS) is 1. The number of hydrogen-bond donors (Lipinski definition) is 2. The Morgan fingerprint density at radius 3 is 2.62 bits per heavy atom. The van der Waals surface area contributed by atoms with Crippen LogP contribution in [0, 0.1) is 10.1 Å². The Bertz CT molecular complexity index is 658. The number of nitro groups is 1. The Labute approximate surface area is 120 Å². The summed E-state index contributed by atoms with van der Waals surface area (Å²) in [5.74, 6) is -1.64. The number of pyridine rings is 1. The van der Waals surface area contributed by atoms with E-state index in [0.29, 0.717) is 0 Å². The lowest BCUT2D eigenvalue weighted by atomic mass is 10.2. The molecule has 0 bridgehead atoms. The van der Waals surface area contributed by atoms with Gasteiger partial charge in [-0.3, -0.25) is 10.1 Å². The number of nitrogens with zero attached hydrogens (tertiary/aromatic N) is 3. The summed E-state index contributed by atoms with van der Waals surface area (Å²) in [6.45, 7) is -0.00954. The fourth-order valence-corrected chi connectivity index (χ4v) is 2.08. The molecule has 116 valence electrons. The van der Waals surface area contributed by atoms with Gasteiger partial charge in [0.2, 0.25) is 10.0 Å². The molecule has 0 aliphatic carbocycles. The average molecular weight is 318 g/mol. The van der Waals surface area contributed by atoms with Crippen LogP contribution in [0.2, 0.25) is 0 Å². The van der Waals surface area contributed by atoms with E-state index in [-0.39, 0.29) is 18.1 Å². The van der Waals surface area contributed by atoms with Crippen LogP contribution in [0.3, 0.4) is 0 Å². The fraction of sp³-hybridized carbons (Fsp3) is 0.400. The van der Waals surface area contributed by atoms with Crippen molar-refractivity contribution in [1.82, 2.24) is 9.29 Å². The highest BCUT2D eigenvalue weighted by Crippen LogP contribution is 2.20. The number of aromatic nitrogens is 1. The van der Waals surface area contributed by atoms with Gasteiger partial charge >= 0.3 is 11.7 Å². The van der Waals surface area contributed by atoms with Crippen LogP contribution in [0.25, 0.3) is 0 Å². The highest BCUT2D eigenvalue weighted by Gasteiger charge is 2.21. The molecule has 0 aromatic carbocycles. The van der Waals surface area contributed by atoms with Crippen LogP contribution in [0.5, 0.6) is 0 Å². The summed E-state index contributed by atoms with van der Waals surface area (Å²) >= 11 is 0. The van der Waals surface area contributed by atoms with Crippen LogP contribution in [0.15, 0.2) is 12.3 Å². The molecule has 0 amide bonds. The third-order valence-electron chi connectivity index (χ3n) is 2.53. The van der Waals surface area contributed by atoms with E-state index in [1.807, 2.05) is 0 Å². The fourth-order valence-electron chi connectivity index (χ4n) is 1.35. The second-order valence-corrected chi connectivity index (χ2v) is 6.48. The number of carboxylic acids is 1. The van der Waals surface area contributed by atoms with Crippen LogP contribution in [0.4, 0.5) is 11.5 Å². The SMILES string of the molecule is CN(C)S(=O)(=O)CCNc1cc(C(=O)O)c([N+](=O)[O-])cn1. The second-order valence-electron chi connectivity index (χ2n) is 4.17. The average Bonchev–Trinajstić information content (AvgIpc) is 2.37. The summed E-state index contributed by atoms with van der Waals surface area (Å²) in [5.41, 5.74) is -1.15. The van der Waals surface area contributed by atoms with E-state index in [1.54, 1.807) is 0 Å². The monoisotopic (exact) mass is 318 g/mol. The summed E-state index contributed by atoms with van der Waals surface area (Å²) in [4.78, 5) is 24.4. The van der Waals surface area contributed by atoms with Gasteiger partial charge in [0, 0.05) is 26.7 Å². The van der Waals surface area contributed by atoms with Gasteiger partial charge in [0.1, 0.15) is 17.6 Å². The molecule has 0 spiro atoms. The molecule has 21 heavy (non-hydrogen) atoms. The molecule has 0 saturated carbocycles. The van der Waals surface area contributed by atoms with Crippen molar-refractivity contribution in [2.75, 3.05) is 31.7 Å². The van der Waals surface area contributed by atoms with Crippen molar-refractivity contribution in [2.24, 2.45) is 0 Å². The maximum absolute atomic E-state index is 11.5. The number of sulfonamides is 1. The van der Waals surface area contributed by atoms with Crippen molar-refractivity contribution in [2.45, 2.75) is 0 Å². The smallest absolute Gasteiger partial charge is 0.342 e. The minimum absolute atomic E-state index is 0.00954. The lowest BCUT2D eigenvalue weighted by Gasteiger charge is -2.12. The van der Waals surface area contributed by atoms with E-state index in [0.717, 1.165) is 16.6 Å². The van der Waals surface area contributed by atoms with Gasteiger partial charge < -0.3 is 10.4 Å². The lowest BCUT2D eigenvalue weighted by molar-refractivity contribution is -0.385. The molecule has 0 atom stereocenters. The van der Waals surface area contributed by atoms with E-state index >= 15 is 0 Å². The van der Waals surface area contributed by atoms with E-state index in [1.165, 1.54) is 14.1 Å². The molecule has 1 aromatic heterocycles. The molecule has 0 fully saturated rings. The zero-order valence-electron chi connectivity index (χ0n) is 11.3. The van der Waals surface area contributed by atoms with Gasteiger partial charge in [-0.2, -0.15) is 0 Å². The van der Waals surface area contributed by atoms with Crippen LogP contribution in [-0.2, 0) is 10.0 Å². The molecule has 11 heteroatoms. The number of rotatable bonds is 7. The summed E-state index contributed by atoms with van der Waals surface area (Å²) in [5, 5.41) is 22.2. The normalized spacial score (nSPS) is 11.4. The van der Waals surface area contributed by atoms with Gasteiger partial charge in [0.25, 0.3) is 0 Å². The maximum atomic E-state index is 11.5. The predicted octanol–water partition coefficient (Wildman–Crippen LogP) is -0.00870. The molecule has 1 rings (SSSR count). The zero-order chi connectivity index (χ0) is 16.2. The Kier molecular flexibility index (Phi) is 5.16. The standard InChI is InChI=1S/C10H14N4O6S/c1-13(2)21(19,20)4-3-11-9-5-7(10(15)16)8(6-12-9)14(17)18/h5-6H,3-4H2,1-2H3,(H,11,12)(H,15,16). The molecular weight excluding hydrogens is 304 g/mol. The molecule has 0 aliphatic rings. The predicted molar refractivity (Wildman–Crippen MR) is 73.8 cm³/mol. The Balaban J connectivity index is 2.85. The van der Waals surface area contributed by atoms with Crippen molar-refractivity contribution in [1.29, 1.82) is 0 Å². The third kappa shape index (κ3) is 4.36. The van der Waals surface area contributed by atoms with E-state index in [4.69, 9.17) is 5.11 Å². The van der Waals surface area contributed by atoms with Gasteiger partial charge in [-0.1, -0.05) is 0 Å². The van der Waals surface area contributed by atoms with Crippen LogP contribution < -0.4 is 5.32 Å². The molecule has 10 nitrogen and oxygen atoms in total. The van der Waals surface area contributed by atoms with Crippen LogP contribution >= 0.6 is 0 Å². The zero-order valence-corrected chi connectivity index (χ0v) is 12.1. The first-order chi connectivity index (χ1) is 9.65. The summed E-state index contributed by atoms with van der Waals surface area (Å²) in [7, 11) is -0.616. The molecule has 0 saturated heterocycles. The van der Waals surface area contributed by atoms with Crippen molar-refractivity contribution in [3.05, 3.63) is 27.9 Å². The van der Waals surface area contributed by atoms with Crippen LogP contribution in [-0.4, -0.2) is 60.1 Å². The van der Waals surface area contributed by atoms with Gasteiger partial charge in [-0.25, -0.2) is 22.5 Å². The van der Waals surface area contributed by atoms with Crippen molar-refractivity contribution < 1.29 is 23.2 Å². The van der Waals surface area contributed by atoms with Gasteiger partial charge in [-0.15, -0.1) is 0 Å². The molecule has 1 heterocycles. The molecular formula is C10H14N4O6S. The largest absolute Gasteiger partial charge is 0.477 e. The maximum Gasteiger partial charge on any atom is 0.342 e. The van der Waals surface area contributed by atoms with E-state index < -0.39 is 32.2 Å². The molecule has 0 aliphatic heterocycles. The summed E-state index contributed by atoms with van der Waals surface area (Å²) in [6, 6.07) is 0.989. The quantitative estimate of drug-likeness (QED) is 0.528. The molecule has 0 radical (unpaired) electrons. The van der Waals surface area contributed by atoms with Crippen molar-refractivity contribution >= 4 is 27.5 Å². The minimum atomic E-state index is -3.40. The van der Waals surface area contributed by atoms with Gasteiger partial charge in [-0.05, 0) is 0 Å². The summed E-state index contributed by atoms with van der Waals surface area (Å²) < 4.78 is 24.1. The Hall–Kier alpha value is -2.27. The van der Waals surface area contributed by atoms with E-state index in [2.05, 4.69) is 10.3 Å². The molecule has 2 N–H and O–H groups in total. The highest BCUT2D eigenvalue weighted by molar-refractivity contribution is 7.89. The van der Waals surface area contributed by atoms with Crippen molar-refractivity contribution in [3.63, 3.8) is 0 Å². The first-order valence-electron chi connectivity index (χ1n) is 5.67. The number of nitrogens with one attached hydrogen (secondary N) is 1. The van der Waals surface area contributed by atoms with Crippen LogP contribution in [0.1, 0.15) is 10.4 Å². The van der Waals surface area contributed by atoms with Gasteiger partial charge in [0.15, 0.2) is 0 Å². The Morgan fingerprint density at radius 1 is 1.52 bits per heavy atom. The highest BCUT2D eigenvalue weighted by atomic mass is 32.2. The number of anilines is 1. The number of carbonyl (C=O) groups is 1. The topological polar surface area (TPSA) is 143 Å². The first kappa shape index (κ1) is 16.8. The third-order valence-corrected chi connectivity index (χ3v) is 4.37. The van der Waals surface area contributed by atoms with Gasteiger partial charge in [0.05, 0.1) is 10.7 Å². The summed E-state index contributed by atoms with van der Waals surface area (Å²) in [6.07, 6.45) is 0.812. The molecule has 0 unspecified atom stereocenters. The number of hydrogen-bond acceptors (Lipinski definition) is 7. The minimum Gasteiger partial charge on any atom is -0.477 e. The second kappa shape index (κ2) is 6.45. The first-order valence-corrected chi connectivity index (χ1v) is 7.28. The number of aromatic carboxylic acids is 1. The molecule has 1 aromatic rings. The lowest BCUT2D eigenvalue weighted by Crippen LogP contribution is -2.28. The van der Waals surface area contributed by atoms with Crippen molar-refractivity contribution in [3.8, 4) is 0 Å². The Morgan fingerprint density at radius 2 is 2.14 bits per heavy atom. The van der Waals surface area contributed by atoms with E-state index in [9.17, 15) is 23.3 Å².